The second kappa shape index (κ2) is 8.08. The molecule has 2 amide bonds. The van der Waals surface area contributed by atoms with Gasteiger partial charge in [-0.3, -0.25) is 0 Å². The van der Waals surface area contributed by atoms with Crippen LogP contribution in [0.4, 0.5) is 10.5 Å². The molecular weight excluding hydrogens is 292 g/mol. The summed E-state index contributed by atoms with van der Waals surface area (Å²) in [4.78, 5) is 11.9. The van der Waals surface area contributed by atoms with Crippen LogP contribution in [0.25, 0.3) is 0 Å². The molecule has 0 radical (unpaired) electrons. The lowest BCUT2D eigenvalue weighted by molar-refractivity contribution is 0.246. The first kappa shape index (κ1) is 16.7. The number of hydrogen-bond donors (Lipinski definition) is 2. The number of amides is 2. The Morgan fingerprint density at radius 3 is 2.52 bits per heavy atom. The summed E-state index contributed by atoms with van der Waals surface area (Å²) >= 11 is 0. The van der Waals surface area contributed by atoms with E-state index in [-0.39, 0.29) is 6.03 Å². The number of aryl methyl sites for hydroxylation is 1. The van der Waals surface area contributed by atoms with Crippen molar-refractivity contribution in [2.24, 2.45) is 0 Å². The second-order valence-corrected chi connectivity index (χ2v) is 5.13. The zero-order valence-corrected chi connectivity index (χ0v) is 13.7. The van der Waals surface area contributed by atoms with Crippen LogP contribution in [0, 0.1) is 13.8 Å². The van der Waals surface area contributed by atoms with Crippen molar-refractivity contribution in [2.75, 3.05) is 25.6 Å². The highest BCUT2D eigenvalue weighted by Crippen LogP contribution is 2.25. The van der Waals surface area contributed by atoms with E-state index >= 15 is 0 Å². The van der Waals surface area contributed by atoms with E-state index in [9.17, 15) is 4.79 Å². The summed E-state index contributed by atoms with van der Waals surface area (Å²) in [5.41, 5.74) is 3.02. The summed E-state index contributed by atoms with van der Waals surface area (Å²) in [6.45, 7) is 4.75. The smallest absolute Gasteiger partial charge is 0.319 e. The van der Waals surface area contributed by atoms with Gasteiger partial charge in [0.25, 0.3) is 0 Å². The molecule has 0 aliphatic heterocycles. The van der Waals surface area contributed by atoms with Gasteiger partial charge in [-0.1, -0.05) is 24.3 Å². The largest absolute Gasteiger partial charge is 0.493 e. The molecule has 0 aliphatic carbocycles. The zero-order valence-electron chi connectivity index (χ0n) is 13.7. The highest BCUT2D eigenvalue weighted by atomic mass is 16.5. The van der Waals surface area contributed by atoms with E-state index in [2.05, 4.69) is 10.6 Å². The second-order valence-electron chi connectivity index (χ2n) is 5.13. The number of urea groups is 1. The number of anilines is 1. The molecule has 0 aromatic heterocycles. The third-order valence-electron chi connectivity index (χ3n) is 3.57. The molecule has 5 heteroatoms. The first-order valence-electron chi connectivity index (χ1n) is 7.48. The molecule has 0 spiro atoms. The summed E-state index contributed by atoms with van der Waals surface area (Å²) in [6, 6.07) is 13.0. The highest BCUT2D eigenvalue weighted by molar-refractivity contribution is 5.90. The normalized spacial score (nSPS) is 10.0. The van der Waals surface area contributed by atoms with Crippen LogP contribution in [0.3, 0.4) is 0 Å². The number of carbonyl (C=O) groups excluding carboxylic acids is 1. The summed E-state index contributed by atoms with van der Waals surface area (Å²) in [7, 11) is 1.60. The lowest BCUT2D eigenvalue weighted by Crippen LogP contribution is -2.32. The number of nitrogens with one attached hydrogen (secondary N) is 2. The Balaban J connectivity index is 1.78. The third-order valence-corrected chi connectivity index (χ3v) is 3.57. The third kappa shape index (κ3) is 4.64. The number of benzene rings is 2. The first-order valence-corrected chi connectivity index (χ1v) is 7.48. The number of methoxy groups -OCH3 is 1. The Morgan fingerprint density at radius 2 is 1.78 bits per heavy atom. The van der Waals surface area contributed by atoms with Gasteiger partial charge in [-0.2, -0.15) is 0 Å². The maximum absolute atomic E-state index is 11.9. The predicted octanol–water partition coefficient (Wildman–Crippen LogP) is 3.51. The summed E-state index contributed by atoms with van der Waals surface area (Å²) < 4.78 is 10.8. The first-order chi connectivity index (χ1) is 11.1. The minimum absolute atomic E-state index is 0.248. The van der Waals surface area contributed by atoms with Crippen LogP contribution in [-0.2, 0) is 0 Å². The Morgan fingerprint density at radius 1 is 1.04 bits per heavy atom. The minimum atomic E-state index is -0.248. The average molecular weight is 314 g/mol. The van der Waals surface area contributed by atoms with Gasteiger partial charge in [0.05, 0.1) is 13.7 Å². The van der Waals surface area contributed by atoms with Crippen LogP contribution in [0.1, 0.15) is 11.1 Å². The van der Waals surface area contributed by atoms with Gasteiger partial charge in [-0.15, -0.1) is 0 Å². The molecule has 0 atom stereocenters. The van der Waals surface area contributed by atoms with Gasteiger partial charge in [-0.05, 0) is 43.2 Å². The fraction of sp³-hybridized carbons (Fsp3) is 0.278. The van der Waals surface area contributed by atoms with Crippen LogP contribution in [0.15, 0.2) is 42.5 Å². The van der Waals surface area contributed by atoms with Gasteiger partial charge in [0.15, 0.2) is 11.5 Å². The maximum Gasteiger partial charge on any atom is 0.319 e. The molecule has 5 nitrogen and oxygen atoms in total. The molecule has 0 saturated carbocycles. The van der Waals surface area contributed by atoms with Crippen molar-refractivity contribution in [1.82, 2.24) is 5.32 Å². The SMILES string of the molecule is COc1ccccc1OCCNC(=O)Nc1cccc(C)c1C. The van der Waals surface area contributed by atoms with E-state index in [1.165, 1.54) is 0 Å². The Kier molecular flexibility index (Phi) is 5.86. The average Bonchev–Trinajstić information content (AvgIpc) is 2.56. The van der Waals surface area contributed by atoms with Crippen LogP contribution in [-0.4, -0.2) is 26.3 Å². The van der Waals surface area contributed by atoms with E-state index in [1.807, 2.05) is 56.3 Å². The van der Waals surface area contributed by atoms with Crippen LogP contribution < -0.4 is 20.1 Å². The van der Waals surface area contributed by atoms with E-state index in [4.69, 9.17) is 9.47 Å². The van der Waals surface area contributed by atoms with Crippen molar-refractivity contribution in [3.63, 3.8) is 0 Å². The molecule has 0 bridgehead atoms. The lowest BCUT2D eigenvalue weighted by Gasteiger charge is -2.13. The summed E-state index contributed by atoms with van der Waals surface area (Å²) in [6.07, 6.45) is 0. The van der Waals surface area contributed by atoms with E-state index in [1.54, 1.807) is 7.11 Å². The summed E-state index contributed by atoms with van der Waals surface area (Å²) in [5, 5.41) is 5.61. The van der Waals surface area contributed by atoms with Gasteiger partial charge in [0, 0.05) is 5.69 Å². The van der Waals surface area contributed by atoms with Crippen LogP contribution >= 0.6 is 0 Å². The molecule has 0 unspecified atom stereocenters. The number of para-hydroxylation sites is 2. The molecule has 2 aromatic carbocycles. The lowest BCUT2D eigenvalue weighted by atomic mass is 10.1. The highest BCUT2D eigenvalue weighted by Gasteiger charge is 2.06. The van der Waals surface area contributed by atoms with Gasteiger partial charge in [0.1, 0.15) is 6.61 Å². The molecule has 122 valence electrons. The minimum Gasteiger partial charge on any atom is -0.493 e. The van der Waals surface area contributed by atoms with Crippen LogP contribution in [0.2, 0.25) is 0 Å². The standard InChI is InChI=1S/C18H22N2O3/c1-13-7-6-8-15(14(13)2)20-18(21)19-11-12-23-17-10-5-4-9-16(17)22-3/h4-10H,11-12H2,1-3H3,(H2,19,20,21). The molecule has 0 saturated heterocycles. The molecule has 2 aromatic rings. The van der Waals surface area contributed by atoms with Crippen molar-refractivity contribution in [3.8, 4) is 11.5 Å². The van der Waals surface area contributed by atoms with Gasteiger partial charge in [-0.25, -0.2) is 4.79 Å². The molecule has 2 rings (SSSR count). The summed E-state index contributed by atoms with van der Waals surface area (Å²) in [5.74, 6) is 1.33. The molecule has 0 fully saturated rings. The van der Waals surface area contributed by atoms with Crippen LogP contribution in [0.5, 0.6) is 11.5 Å². The Hall–Kier alpha value is -2.69. The van der Waals surface area contributed by atoms with Crippen molar-refractivity contribution in [2.45, 2.75) is 13.8 Å². The van der Waals surface area contributed by atoms with Crippen molar-refractivity contribution in [1.29, 1.82) is 0 Å². The quantitative estimate of drug-likeness (QED) is 0.802. The Bertz CT molecular complexity index is 671. The zero-order chi connectivity index (χ0) is 16.7. The maximum atomic E-state index is 11.9. The van der Waals surface area contributed by atoms with Crippen molar-refractivity contribution >= 4 is 11.7 Å². The molecule has 23 heavy (non-hydrogen) atoms. The van der Waals surface area contributed by atoms with Gasteiger partial charge in [0.2, 0.25) is 0 Å². The van der Waals surface area contributed by atoms with E-state index in [0.29, 0.717) is 24.7 Å². The topological polar surface area (TPSA) is 59.6 Å². The molecule has 0 heterocycles. The van der Waals surface area contributed by atoms with Crippen molar-refractivity contribution in [3.05, 3.63) is 53.6 Å². The predicted molar refractivity (Wildman–Crippen MR) is 91.4 cm³/mol. The monoisotopic (exact) mass is 314 g/mol. The van der Waals surface area contributed by atoms with Gasteiger partial charge >= 0.3 is 6.03 Å². The number of rotatable bonds is 6. The molecular formula is C18H22N2O3. The fourth-order valence-electron chi connectivity index (χ4n) is 2.12. The molecule has 0 aliphatic rings. The van der Waals surface area contributed by atoms with E-state index in [0.717, 1.165) is 16.8 Å². The number of carbonyl (C=O) groups is 1. The Labute approximate surface area is 136 Å². The number of hydrogen-bond acceptors (Lipinski definition) is 3. The van der Waals surface area contributed by atoms with Crippen molar-refractivity contribution < 1.29 is 14.3 Å². The van der Waals surface area contributed by atoms with E-state index < -0.39 is 0 Å². The number of ether oxygens (including phenoxy) is 2. The molecule has 2 N–H and O–H groups in total. The van der Waals surface area contributed by atoms with Gasteiger partial charge < -0.3 is 20.1 Å². The fourth-order valence-corrected chi connectivity index (χ4v) is 2.12.